The first-order chi connectivity index (χ1) is 13.4. The number of hydrogen-bond acceptors (Lipinski definition) is 6. The number of halogens is 1. The number of hydrogen-bond donors (Lipinski definition) is 1. The molecule has 1 N–H and O–H groups in total. The third-order valence-corrected chi connectivity index (χ3v) is 5.64. The van der Waals surface area contributed by atoms with Gasteiger partial charge in [0.2, 0.25) is 0 Å². The highest BCUT2D eigenvalue weighted by Gasteiger charge is 2.59. The molecule has 0 unspecified atom stereocenters. The highest BCUT2D eigenvalue weighted by Crippen LogP contribution is 2.52. The van der Waals surface area contributed by atoms with Crippen LogP contribution < -0.4 is 9.47 Å². The molecule has 1 aliphatic heterocycles. The number of carboxylic acid groups (broad SMARTS) is 1. The normalized spacial score (nSPS) is 27.7. The second-order valence-corrected chi connectivity index (χ2v) is 7.36. The van der Waals surface area contributed by atoms with Crippen molar-refractivity contribution in [3.63, 3.8) is 0 Å². The summed E-state index contributed by atoms with van der Waals surface area (Å²) < 4.78 is 10.3. The molecule has 2 fully saturated rings. The van der Waals surface area contributed by atoms with Gasteiger partial charge >= 0.3 is 5.97 Å². The van der Waals surface area contributed by atoms with E-state index in [-0.39, 0.29) is 52.0 Å². The number of ether oxygens (including phenoxy) is 2. The van der Waals surface area contributed by atoms with Crippen molar-refractivity contribution in [2.45, 2.75) is 6.42 Å². The molecule has 4 atom stereocenters. The van der Waals surface area contributed by atoms with E-state index < -0.39 is 12.6 Å². The molecule has 146 valence electrons. The lowest BCUT2D eigenvalue weighted by atomic mass is 9.85. The van der Waals surface area contributed by atoms with E-state index in [1.807, 2.05) is 12.2 Å². The third kappa shape index (κ3) is 2.93. The van der Waals surface area contributed by atoms with E-state index >= 15 is 0 Å². The summed E-state index contributed by atoms with van der Waals surface area (Å²) in [5.74, 6) is -1.79. The van der Waals surface area contributed by atoms with E-state index in [1.165, 1.54) is 25.5 Å². The topological polar surface area (TPSA) is 106 Å². The average Bonchev–Trinajstić information content (AvgIpc) is 3.33. The number of imide groups is 1. The maximum atomic E-state index is 12.6. The Morgan fingerprint density at radius 1 is 1.29 bits per heavy atom. The van der Waals surface area contributed by atoms with Gasteiger partial charge in [-0.1, -0.05) is 23.8 Å². The van der Waals surface area contributed by atoms with Crippen molar-refractivity contribution in [3.8, 4) is 11.5 Å². The van der Waals surface area contributed by atoms with Gasteiger partial charge in [0.05, 0.1) is 30.2 Å². The number of carboxylic acids is 1. The number of nitrogens with zero attached hydrogens (tertiary/aromatic N) is 2. The van der Waals surface area contributed by atoms with Gasteiger partial charge in [0, 0.05) is 0 Å². The van der Waals surface area contributed by atoms with E-state index in [0.29, 0.717) is 5.56 Å². The molecule has 1 saturated carbocycles. The molecule has 2 bridgehead atoms. The van der Waals surface area contributed by atoms with Gasteiger partial charge in [0.1, 0.15) is 0 Å². The number of allylic oxidation sites excluding steroid dienone is 2. The van der Waals surface area contributed by atoms with Gasteiger partial charge in [-0.25, -0.2) is 4.79 Å². The second-order valence-electron chi connectivity index (χ2n) is 6.95. The third-order valence-electron chi connectivity index (χ3n) is 5.36. The van der Waals surface area contributed by atoms with Crippen LogP contribution in [0.1, 0.15) is 12.0 Å². The number of hydrazone groups is 1. The average molecular weight is 405 g/mol. The molecular weight excluding hydrogens is 388 g/mol. The number of rotatable bonds is 6. The first-order valence-electron chi connectivity index (χ1n) is 8.73. The molecule has 2 aliphatic carbocycles. The summed E-state index contributed by atoms with van der Waals surface area (Å²) >= 11 is 6.16. The number of amides is 2. The quantitative estimate of drug-likeness (QED) is 0.441. The van der Waals surface area contributed by atoms with Crippen LogP contribution in [0.4, 0.5) is 0 Å². The number of methoxy groups -OCH3 is 1. The van der Waals surface area contributed by atoms with Gasteiger partial charge in [-0.3, -0.25) is 9.59 Å². The Hall–Kier alpha value is -2.87. The maximum Gasteiger partial charge on any atom is 0.341 e. The molecule has 8 nitrogen and oxygen atoms in total. The van der Waals surface area contributed by atoms with Crippen molar-refractivity contribution >= 4 is 35.6 Å². The minimum atomic E-state index is -1.15. The summed E-state index contributed by atoms with van der Waals surface area (Å²) in [5.41, 5.74) is 0.475. The van der Waals surface area contributed by atoms with Crippen LogP contribution in [0.3, 0.4) is 0 Å². The van der Waals surface area contributed by atoms with Crippen molar-refractivity contribution in [1.29, 1.82) is 0 Å². The zero-order chi connectivity index (χ0) is 20.0. The fraction of sp³-hybridized carbons (Fsp3) is 0.368. The van der Waals surface area contributed by atoms with Gasteiger partial charge in [0.25, 0.3) is 11.8 Å². The molecule has 1 aromatic carbocycles. The largest absolute Gasteiger partial charge is 0.493 e. The highest BCUT2D eigenvalue weighted by atomic mass is 35.5. The van der Waals surface area contributed by atoms with Crippen LogP contribution in [0.15, 0.2) is 29.4 Å². The number of carbonyl (C=O) groups excluding carboxylic acids is 2. The fourth-order valence-electron chi connectivity index (χ4n) is 4.21. The van der Waals surface area contributed by atoms with Crippen LogP contribution in [-0.2, 0) is 14.4 Å². The first-order valence-corrected chi connectivity index (χ1v) is 9.10. The Morgan fingerprint density at radius 3 is 2.50 bits per heavy atom. The van der Waals surface area contributed by atoms with Crippen LogP contribution >= 0.6 is 11.6 Å². The number of fused-ring (bicyclic) bond motifs is 5. The summed E-state index contributed by atoms with van der Waals surface area (Å²) in [6.45, 7) is -0.570. The van der Waals surface area contributed by atoms with Gasteiger partial charge < -0.3 is 14.6 Å². The molecule has 1 saturated heterocycles. The predicted octanol–water partition coefficient (Wildman–Crippen LogP) is 1.95. The van der Waals surface area contributed by atoms with Gasteiger partial charge in [-0.2, -0.15) is 10.1 Å². The standard InChI is InChI=1S/C19H17ClN2O6/c1-27-13-5-9(4-12(20)17(13)28-8-14(23)24)7-21-22-18(25)15-10-2-3-11(6-10)16(15)19(22)26/h2-5,7,10-11,15-16H,6,8H2,1H3,(H,23,24)/t10-,11-,15-,16+/m0/s1. The number of aliphatic carboxylic acids is 1. The van der Waals surface area contributed by atoms with Crippen molar-refractivity contribution in [3.05, 3.63) is 34.9 Å². The number of benzene rings is 1. The van der Waals surface area contributed by atoms with Gasteiger partial charge in [-0.05, 0) is 36.0 Å². The molecule has 0 aromatic heterocycles. The Balaban J connectivity index is 1.55. The van der Waals surface area contributed by atoms with Crippen LogP contribution in [0.2, 0.25) is 5.02 Å². The molecule has 1 heterocycles. The van der Waals surface area contributed by atoms with Crippen LogP contribution in [0.25, 0.3) is 0 Å². The Bertz CT molecular complexity index is 897. The monoisotopic (exact) mass is 404 g/mol. The maximum absolute atomic E-state index is 12.6. The highest BCUT2D eigenvalue weighted by molar-refractivity contribution is 6.32. The van der Waals surface area contributed by atoms with Crippen LogP contribution in [0, 0.1) is 23.7 Å². The fourth-order valence-corrected chi connectivity index (χ4v) is 4.49. The molecule has 1 aromatic rings. The second kappa shape index (κ2) is 6.94. The van der Waals surface area contributed by atoms with Crippen LogP contribution in [-0.4, -0.2) is 47.8 Å². The van der Waals surface area contributed by atoms with Crippen LogP contribution in [0.5, 0.6) is 11.5 Å². The molecule has 0 spiro atoms. The van der Waals surface area contributed by atoms with Crippen molar-refractivity contribution in [1.82, 2.24) is 5.01 Å². The summed E-state index contributed by atoms with van der Waals surface area (Å²) in [7, 11) is 1.39. The molecular formula is C19H17ClN2O6. The van der Waals surface area contributed by atoms with Gasteiger partial charge in [-0.15, -0.1) is 0 Å². The lowest BCUT2D eigenvalue weighted by Crippen LogP contribution is -2.28. The van der Waals surface area contributed by atoms with E-state index in [4.69, 9.17) is 26.2 Å². The molecule has 2 amide bonds. The lowest BCUT2D eigenvalue weighted by molar-refractivity contribution is -0.141. The van der Waals surface area contributed by atoms with Crippen molar-refractivity contribution < 1.29 is 29.0 Å². The summed E-state index contributed by atoms with van der Waals surface area (Å²) in [6.07, 6.45) is 6.24. The Morgan fingerprint density at radius 2 is 1.93 bits per heavy atom. The zero-order valence-corrected chi connectivity index (χ0v) is 15.6. The summed E-state index contributed by atoms with van der Waals surface area (Å²) in [4.78, 5) is 36.0. The van der Waals surface area contributed by atoms with E-state index in [9.17, 15) is 14.4 Å². The van der Waals surface area contributed by atoms with E-state index in [2.05, 4.69) is 5.10 Å². The van der Waals surface area contributed by atoms with E-state index in [1.54, 1.807) is 0 Å². The molecule has 28 heavy (non-hydrogen) atoms. The SMILES string of the molecule is COc1cc(C=NN2C(=O)[C@@H]3[C@H](C2=O)[C@H]2C=C[C@H]3C2)cc(Cl)c1OCC(=O)O. The first kappa shape index (κ1) is 18.5. The summed E-state index contributed by atoms with van der Waals surface area (Å²) in [6, 6.07) is 3.02. The van der Waals surface area contributed by atoms with Gasteiger partial charge in [0.15, 0.2) is 18.1 Å². The minimum Gasteiger partial charge on any atom is -0.493 e. The van der Waals surface area contributed by atoms with Crippen molar-refractivity contribution in [2.75, 3.05) is 13.7 Å². The summed E-state index contributed by atoms with van der Waals surface area (Å²) in [5, 5.41) is 13.9. The molecule has 4 rings (SSSR count). The minimum absolute atomic E-state index is 0.0919. The predicted molar refractivity (Wildman–Crippen MR) is 98.3 cm³/mol. The lowest BCUT2D eigenvalue weighted by Gasteiger charge is -2.13. The zero-order valence-electron chi connectivity index (χ0n) is 14.9. The van der Waals surface area contributed by atoms with Crippen molar-refractivity contribution in [2.24, 2.45) is 28.8 Å². The molecule has 0 radical (unpaired) electrons. The number of carbonyl (C=O) groups is 3. The van der Waals surface area contributed by atoms with E-state index in [0.717, 1.165) is 11.4 Å². The molecule has 9 heteroatoms. The smallest absolute Gasteiger partial charge is 0.341 e. The Labute approximate surface area is 165 Å². The Kier molecular flexibility index (Phi) is 4.58. The molecule has 3 aliphatic rings.